The van der Waals surface area contributed by atoms with Crippen molar-refractivity contribution in [1.82, 2.24) is 0 Å². The third-order valence-electron chi connectivity index (χ3n) is 4.75. The summed E-state index contributed by atoms with van der Waals surface area (Å²) in [7, 11) is 0. The molecule has 1 saturated carbocycles. The van der Waals surface area contributed by atoms with Crippen molar-refractivity contribution in [3.8, 4) is 0 Å². The summed E-state index contributed by atoms with van der Waals surface area (Å²) >= 11 is 0. The van der Waals surface area contributed by atoms with Gasteiger partial charge in [-0.3, -0.25) is 0 Å². The largest absolute Gasteiger partial charge is 0.390 e. The maximum absolute atomic E-state index is 10.2. The minimum atomic E-state index is -0.628. The number of fused-ring (bicyclic) bond motifs is 1. The Balaban J connectivity index is 1.82. The van der Waals surface area contributed by atoms with Crippen LogP contribution in [0.25, 0.3) is 0 Å². The van der Waals surface area contributed by atoms with Gasteiger partial charge in [0.1, 0.15) is 0 Å². The summed E-state index contributed by atoms with van der Waals surface area (Å²) in [5, 5.41) is 10.2. The van der Waals surface area contributed by atoms with E-state index in [2.05, 4.69) is 23.1 Å². The van der Waals surface area contributed by atoms with Gasteiger partial charge in [-0.15, -0.1) is 0 Å². The molecule has 1 aliphatic heterocycles. The zero-order chi connectivity index (χ0) is 14.2. The van der Waals surface area contributed by atoms with Crippen LogP contribution in [0.1, 0.15) is 50.7 Å². The Morgan fingerprint density at radius 3 is 2.70 bits per heavy atom. The second-order valence-corrected chi connectivity index (χ2v) is 7.26. The molecule has 1 aromatic rings. The van der Waals surface area contributed by atoms with Crippen molar-refractivity contribution < 1.29 is 5.11 Å². The fourth-order valence-corrected chi connectivity index (χ4v) is 3.92. The van der Waals surface area contributed by atoms with Gasteiger partial charge in [0.25, 0.3) is 0 Å². The van der Waals surface area contributed by atoms with Crippen molar-refractivity contribution >= 4 is 5.69 Å². The Hall–Kier alpha value is -1.02. The number of para-hydroxylation sites is 1. The Bertz CT molecular complexity index is 469. The molecule has 0 bridgehead atoms. The summed E-state index contributed by atoms with van der Waals surface area (Å²) in [5.41, 5.74) is 3.60. The van der Waals surface area contributed by atoms with Crippen LogP contribution in [0.15, 0.2) is 18.2 Å². The average Bonchev–Trinajstić information content (AvgIpc) is 2.98. The summed E-state index contributed by atoms with van der Waals surface area (Å²) in [4.78, 5) is 2.59. The molecule has 0 radical (unpaired) electrons. The third-order valence-corrected chi connectivity index (χ3v) is 4.75. The number of hydrogen-bond donors (Lipinski definition) is 1. The first-order chi connectivity index (χ1) is 9.53. The second kappa shape index (κ2) is 5.40. The molecule has 2 aliphatic rings. The maximum Gasteiger partial charge on any atom is 0.0632 e. The summed E-state index contributed by atoms with van der Waals surface area (Å²) in [6.07, 6.45) is 7.55. The van der Waals surface area contributed by atoms with Gasteiger partial charge >= 0.3 is 0 Å². The van der Waals surface area contributed by atoms with Crippen LogP contribution >= 0.6 is 0 Å². The van der Waals surface area contributed by atoms with Crippen LogP contribution in [0.2, 0.25) is 0 Å². The highest BCUT2D eigenvalue weighted by molar-refractivity contribution is 5.63. The topological polar surface area (TPSA) is 23.5 Å². The molecule has 1 aliphatic carbocycles. The van der Waals surface area contributed by atoms with Crippen molar-refractivity contribution in [2.45, 2.75) is 58.0 Å². The monoisotopic (exact) mass is 273 g/mol. The lowest BCUT2D eigenvalue weighted by Crippen LogP contribution is -2.29. The van der Waals surface area contributed by atoms with E-state index < -0.39 is 5.60 Å². The number of hydrogen-bond acceptors (Lipinski definition) is 2. The Kier molecular flexibility index (Phi) is 3.76. The molecule has 2 nitrogen and oxygen atoms in total. The van der Waals surface area contributed by atoms with Gasteiger partial charge in [-0.25, -0.2) is 0 Å². The highest BCUT2D eigenvalue weighted by Gasteiger charge is 2.27. The molecule has 1 N–H and O–H groups in total. The van der Waals surface area contributed by atoms with E-state index in [0.717, 1.165) is 18.9 Å². The van der Waals surface area contributed by atoms with Crippen LogP contribution in [0.5, 0.6) is 0 Å². The van der Waals surface area contributed by atoms with Gasteiger partial charge in [0.15, 0.2) is 0 Å². The fourth-order valence-electron chi connectivity index (χ4n) is 3.92. The Morgan fingerprint density at radius 1 is 1.25 bits per heavy atom. The Labute approximate surface area is 122 Å². The normalized spacial score (nSPS) is 19.6. The standard InChI is InChI=1S/C18H27NO/c1-18(2,20)12-16-9-5-8-15-10-11-19(17(15)16)13-14-6-3-4-7-14/h5,8-9,14,20H,3-4,6-7,10-13H2,1-2H3. The predicted octanol–water partition coefficient (Wildman–Crippen LogP) is 3.55. The number of aliphatic hydroxyl groups is 1. The van der Waals surface area contributed by atoms with E-state index in [1.54, 1.807) is 0 Å². The van der Waals surface area contributed by atoms with Crippen molar-refractivity contribution in [2.24, 2.45) is 5.92 Å². The molecule has 110 valence electrons. The molecule has 0 amide bonds. The third kappa shape index (κ3) is 3.01. The fraction of sp³-hybridized carbons (Fsp3) is 0.667. The van der Waals surface area contributed by atoms with Gasteiger partial charge < -0.3 is 10.0 Å². The molecule has 1 aromatic carbocycles. The minimum absolute atomic E-state index is 0.628. The second-order valence-electron chi connectivity index (χ2n) is 7.26. The molecule has 0 spiro atoms. The first-order valence-corrected chi connectivity index (χ1v) is 8.11. The van der Waals surface area contributed by atoms with Gasteiger partial charge in [-0.2, -0.15) is 0 Å². The highest BCUT2D eigenvalue weighted by Crippen LogP contribution is 2.36. The van der Waals surface area contributed by atoms with Gasteiger partial charge in [0.05, 0.1) is 5.60 Å². The number of benzene rings is 1. The van der Waals surface area contributed by atoms with E-state index in [-0.39, 0.29) is 0 Å². The lowest BCUT2D eigenvalue weighted by atomic mass is 9.95. The van der Waals surface area contributed by atoms with E-state index in [1.165, 1.54) is 55.5 Å². The number of anilines is 1. The van der Waals surface area contributed by atoms with Crippen LogP contribution in [0.4, 0.5) is 5.69 Å². The number of nitrogens with zero attached hydrogens (tertiary/aromatic N) is 1. The average molecular weight is 273 g/mol. The van der Waals surface area contributed by atoms with Gasteiger partial charge in [0, 0.05) is 25.2 Å². The zero-order valence-corrected chi connectivity index (χ0v) is 12.9. The van der Waals surface area contributed by atoms with E-state index in [4.69, 9.17) is 0 Å². The molecule has 1 heterocycles. The predicted molar refractivity (Wildman–Crippen MR) is 84.3 cm³/mol. The molecular weight excluding hydrogens is 246 g/mol. The van der Waals surface area contributed by atoms with Crippen molar-refractivity contribution in [2.75, 3.05) is 18.0 Å². The molecule has 20 heavy (non-hydrogen) atoms. The lowest BCUT2D eigenvalue weighted by molar-refractivity contribution is 0.0811. The Morgan fingerprint density at radius 2 is 2.00 bits per heavy atom. The van der Waals surface area contributed by atoms with E-state index >= 15 is 0 Å². The van der Waals surface area contributed by atoms with Crippen LogP contribution in [-0.4, -0.2) is 23.8 Å². The smallest absolute Gasteiger partial charge is 0.0632 e. The molecule has 0 aromatic heterocycles. The summed E-state index contributed by atoms with van der Waals surface area (Å²) < 4.78 is 0. The van der Waals surface area contributed by atoms with Gasteiger partial charge in [0.2, 0.25) is 0 Å². The van der Waals surface area contributed by atoms with Crippen LogP contribution in [-0.2, 0) is 12.8 Å². The summed E-state index contributed by atoms with van der Waals surface area (Å²) in [5.74, 6) is 0.885. The summed E-state index contributed by atoms with van der Waals surface area (Å²) in [6.45, 7) is 6.19. The van der Waals surface area contributed by atoms with Gasteiger partial charge in [-0.05, 0) is 50.2 Å². The minimum Gasteiger partial charge on any atom is -0.390 e. The maximum atomic E-state index is 10.2. The van der Waals surface area contributed by atoms with Crippen molar-refractivity contribution in [1.29, 1.82) is 0 Å². The highest BCUT2D eigenvalue weighted by atomic mass is 16.3. The first kappa shape index (κ1) is 13.9. The molecule has 3 rings (SSSR count). The zero-order valence-electron chi connectivity index (χ0n) is 12.9. The van der Waals surface area contributed by atoms with Crippen LogP contribution in [0.3, 0.4) is 0 Å². The lowest BCUT2D eigenvalue weighted by Gasteiger charge is -2.27. The van der Waals surface area contributed by atoms with E-state index in [1.807, 2.05) is 13.8 Å². The quantitative estimate of drug-likeness (QED) is 0.907. The number of rotatable bonds is 4. The first-order valence-electron chi connectivity index (χ1n) is 8.11. The summed E-state index contributed by atoms with van der Waals surface area (Å²) in [6, 6.07) is 6.61. The SMILES string of the molecule is CC(C)(O)Cc1cccc2c1N(CC1CCCC1)CC2. The molecule has 0 atom stereocenters. The van der Waals surface area contributed by atoms with Gasteiger partial charge in [-0.1, -0.05) is 31.0 Å². The van der Waals surface area contributed by atoms with E-state index in [9.17, 15) is 5.11 Å². The van der Waals surface area contributed by atoms with Crippen molar-refractivity contribution in [3.63, 3.8) is 0 Å². The molecular formula is C18H27NO. The molecule has 1 fully saturated rings. The molecule has 0 unspecified atom stereocenters. The molecule has 2 heteroatoms. The van der Waals surface area contributed by atoms with Crippen LogP contribution in [0, 0.1) is 5.92 Å². The molecule has 0 saturated heterocycles. The van der Waals surface area contributed by atoms with Crippen LogP contribution < -0.4 is 4.90 Å². The van der Waals surface area contributed by atoms with E-state index in [0.29, 0.717) is 0 Å². The van der Waals surface area contributed by atoms with Crippen molar-refractivity contribution in [3.05, 3.63) is 29.3 Å².